The fraction of sp³-hybridized carbons (Fsp3) is 0.263. The van der Waals surface area contributed by atoms with Crippen molar-refractivity contribution in [3.63, 3.8) is 0 Å². The molecule has 0 aromatic heterocycles. The van der Waals surface area contributed by atoms with Gasteiger partial charge in [0.2, 0.25) is 0 Å². The fourth-order valence-electron chi connectivity index (χ4n) is 2.87. The molecule has 1 aliphatic rings. The zero-order valence-corrected chi connectivity index (χ0v) is 15.4. The third-order valence-corrected chi connectivity index (χ3v) is 4.90. The highest BCUT2D eigenvalue weighted by molar-refractivity contribution is 9.10. The zero-order valence-electron chi connectivity index (χ0n) is 13.8. The molecule has 0 atom stereocenters. The fourth-order valence-corrected chi connectivity index (χ4v) is 3.13. The average Bonchev–Trinajstić information content (AvgIpc) is 2.64. The molecule has 0 saturated carbocycles. The monoisotopic (exact) mass is 404 g/mol. The quantitative estimate of drug-likeness (QED) is 0.768. The van der Waals surface area contributed by atoms with E-state index in [1.807, 2.05) is 12.1 Å². The van der Waals surface area contributed by atoms with Crippen LogP contribution in [0.25, 0.3) is 0 Å². The Hall–Kier alpha value is -2.21. The van der Waals surface area contributed by atoms with Crippen molar-refractivity contribution in [2.75, 3.05) is 26.2 Å². The van der Waals surface area contributed by atoms with Crippen LogP contribution in [-0.4, -0.2) is 47.8 Å². The number of carbonyl (C=O) groups is 2. The molecule has 0 spiro atoms. The van der Waals surface area contributed by atoms with Crippen LogP contribution in [0.1, 0.15) is 26.3 Å². The molecule has 3 rings (SSSR count). The lowest BCUT2D eigenvalue weighted by molar-refractivity contribution is 0.0532. The van der Waals surface area contributed by atoms with Crippen molar-refractivity contribution in [2.45, 2.75) is 6.92 Å². The molecule has 2 aromatic carbocycles. The van der Waals surface area contributed by atoms with Crippen molar-refractivity contribution in [3.8, 4) is 0 Å². The first-order valence-electron chi connectivity index (χ1n) is 8.06. The number of aryl methyl sites for hydroxylation is 1. The lowest BCUT2D eigenvalue weighted by Crippen LogP contribution is -2.50. The predicted octanol–water partition coefficient (Wildman–Crippen LogP) is 3.49. The second kappa shape index (κ2) is 7.35. The van der Waals surface area contributed by atoms with Crippen molar-refractivity contribution < 1.29 is 14.0 Å². The van der Waals surface area contributed by atoms with E-state index < -0.39 is 5.82 Å². The van der Waals surface area contributed by atoms with E-state index >= 15 is 0 Å². The molecule has 1 heterocycles. The number of nitrogens with zero attached hydrogens (tertiary/aromatic N) is 2. The highest BCUT2D eigenvalue weighted by atomic mass is 79.9. The van der Waals surface area contributed by atoms with E-state index in [9.17, 15) is 14.0 Å². The summed E-state index contributed by atoms with van der Waals surface area (Å²) in [6.45, 7) is 3.31. The second-order valence-electron chi connectivity index (χ2n) is 6.03. The smallest absolute Gasteiger partial charge is 0.256 e. The molecule has 2 amide bonds. The Balaban J connectivity index is 1.65. The SMILES string of the molecule is Cc1cccc(C(=O)N2CCN(C(=O)c3ccc(Br)cc3)CC2)c1F. The number of halogens is 2. The van der Waals surface area contributed by atoms with Crippen LogP contribution in [0.5, 0.6) is 0 Å². The number of amides is 2. The molecule has 1 fully saturated rings. The molecular weight excluding hydrogens is 387 g/mol. The van der Waals surface area contributed by atoms with Gasteiger partial charge in [-0.1, -0.05) is 28.1 Å². The van der Waals surface area contributed by atoms with Gasteiger partial charge in [-0.15, -0.1) is 0 Å². The largest absolute Gasteiger partial charge is 0.335 e. The highest BCUT2D eigenvalue weighted by Gasteiger charge is 2.27. The van der Waals surface area contributed by atoms with Crippen molar-refractivity contribution in [1.29, 1.82) is 0 Å². The number of hydrogen-bond donors (Lipinski definition) is 0. The van der Waals surface area contributed by atoms with Gasteiger partial charge in [0, 0.05) is 36.2 Å². The maximum atomic E-state index is 14.2. The minimum absolute atomic E-state index is 0.0543. The van der Waals surface area contributed by atoms with Gasteiger partial charge in [-0.2, -0.15) is 0 Å². The normalized spacial score (nSPS) is 14.5. The lowest BCUT2D eigenvalue weighted by atomic mass is 10.1. The summed E-state index contributed by atoms with van der Waals surface area (Å²) < 4.78 is 15.1. The molecule has 0 unspecified atom stereocenters. The number of hydrogen-bond acceptors (Lipinski definition) is 2. The molecule has 1 aliphatic heterocycles. The van der Waals surface area contributed by atoms with Crippen molar-refractivity contribution >= 4 is 27.7 Å². The van der Waals surface area contributed by atoms with E-state index in [1.54, 1.807) is 41.0 Å². The zero-order chi connectivity index (χ0) is 18.0. The van der Waals surface area contributed by atoms with E-state index in [0.29, 0.717) is 37.3 Å². The Morgan fingerprint density at radius 2 is 1.48 bits per heavy atom. The molecule has 0 aliphatic carbocycles. The molecule has 0 N–H and O–H groups in total. The minimum Gasteiger partial charge on any atom is -0.335 e. The number of carbonyl (C=O) groups excluding carboxylic acids is 2. The number of benzene rings is 2. The van der Waals surface area contributed by atoms with Crippen LogP contribution in [0.4, 0.5) is 4.39 Å². The second-order valence-corrected chi connectivity index (χ2v) is 6.94. The number of piperazine rings is 1. The topological polar surface area (TPSA) is 40.6 Å². The Morgan fingerprint density at radius 1 is 0.920 bits per heavy atom. The van der Waals surface area contributed by atoms with Crippen LogP contribution >= 0.6 is 15.9 Å². The van der Waals surface area contributed by atoms with Gasteiger partial charge in [-0.3, -0.25) is 9.59 Å². The third kappa shape index (κ3) is 3.74. The molecule has 4 nitrogen and oxygen atoms in total. The first-order chi connectivity index (χ1) is 12.0. The maximum absolute atomic E-state index is 14.2. The summed E-state index contributed by atoms with van der Waals surface area (Å²) in [5, 5.41) is 0. The van der Waals surface area contributed by atoms with Crippen LogP contribution in [0, 0.1) is 12.7 Å². The van der Waals surface area contributed by atoms with Gasteiger partial charge in [-0.05, 0) is 42.8 Å². The van der Waals surface area contributed by atoms with Crippen LogP contribution < -0.4 is 0 Å². The summed E-state index contributed by atoms with van der Waals surface area (Å²) in [7, 11) is 0. The van der Waals surface area contributed by atoms with Gasteiger partial charge in [0.05, 0.1) is 5.56 Å². The Kier molecular flexibility index (Phi) is 5.18. The van der Waals surface area contributed by atoms with E-state index in [0.717, 1.165) is 4.47 Å². The summed E-state index contributed by atoms with van der Waals surface area (Å²) in [4.78, 5) is 28.4. The summed E-state index contributed by atoms with van der Waals surface area (Å²) in [6.07, 6.45) is 0. The van der Waals surface area contributed by atoms with Crippen LogP contribution in [0.2, 0.25) is 0 Å². The van der Waals surface area contributed by atoms with E-state index in [2.05, 4.69) is 15.9 Å². The lowest BCUT2D eigenvalue weighted by Gasteiger charge is -2.35. The maximum Gasteiger partial charge on any atom is 0.256 e. The first-order valence-corrected chi connectivity index (χ1v) is 8.86. The Morgan fingerprint density at radius 3 is 2.08 bits per heavy atom. The average molecular weight is 405 g/mol. The van der Waals surface area contributed by atoms with E-state index in [4.69, 9.17) is 0 Å². The van der Waals surface area contributed by atoms with Crippen molar-refractivity contribution in [1.82, 2.24) is 9.80 Å². The van der Waals surface area contributed by atoms with Crippen molar-refractivity contribution in [3.05, 3.63) is 69.4 Å². The Labute approximate surface area is 154 Å². The van der Waals surface area contributed by atoms with Crippen molar-refractivity contribution in [2.24, 2.45) is 0 Å². The van der Waals surface area contributed by atoms with Crippen LogP contribution in [0.3, 0.4) is 0 Å². The molecule has 25 heavy (non-hydrogen) atoms. The Bertz CT molecular complexity index is 800. The summed E-state index contributed by atoms with van der Waals surface area (Å²) in [5.41, 5.74) is 1.16. The third-order valence-electron chi connectivity index (χ3n) is 4.37. The molecule has 1 saturated heterocycles. The van der Waals surface area contributed by atoms with Gasteiger partial charge < -0.3 is 9.80 Å². The summed E-state index contributed by atoms with van der Waals surface area (Å²) >= 11 is 3.35. The first kappa shape index (κ1) is 17.6. The van der Waals surface area contributed by atoms with Crippen LogP contribution in [-0.2, 0) is 0 Å². The standard InChI is InChI=1S/C19H18BrFN2O2/c1-13-3-2-4-16(17(13)21)19(25)23-11-9-22(10-12-23)18(24)14-5-7-15(20)8-6-14/h2-8H,9-12H2,1H3. The summed E-state index contributed by atoms with van der Waals surface area (Å²) in [5.74, 6) is -0.848. The minimum atomic E-state index is -0.471. The molecule has 2 aromatic rings. The number of rotatable bonds is 2. The van der Waals surface area contributed by atoms with Gasteiger partial charge >= 0.3 is 0 Å². The van der Waals surface area contributed by atoms with Gasteiger partial charge in [0.15, 0.2) is 0 Å². The molecule has 0 radical (unpaired) electrons. The molecule has 6 heteroatoms. The van der Waals surface area contributed by atoms with Gasteiger partial charge in [0.25, 0.3) is 11.8 Å². The highest BCUT2D eigenvalue weighted by Crippen LogP contribution is 2.17. The van der Waals surface area contributed by atoms with Gasteiger partial charge in [0.1, 0.15) is 5.82 Å². The van der Waals surface area contributed by atoms with Gasteiger partial charge in [-0.25, -0.2) is 4.39 Å². The molecule has 0 bridgehead atoms. The van der Waals surface area contributed by atoms with Crippen LogP contribution in [0.15, 0.2) is 46.9 Å². The molecule has 130 valence electrons. The van der Waals surface area contributed by atoms with E-state index in [-0.39, 0.29) is 17.4 Å². The van der Waals surface area contributed by atoms with E-state index in [1.165, 1.54) is 6.07 Å². The molecular formula is C19H18BrFN2O2. The predicted molar refractivity (Wildman–Crippen MR) is 97.1 cm³/mol. The summed E-state index contributed by atoms with van der Waals surface area (Å²) in [6, 6.07) is 12.0.